The monoisotopic (exact) mass is 288 g/mol. The number of Topliss-reactive ketones (excluding diaryl/α,β-unsaturated/α-hetero) is 1. The molecule has 17 heavy (non-hydrogen) atoms. The van der Waals surface area contributed by atoms with Gasteiger partial charge in [-0.1, -0.05) is 58.4 Å². The van der Waals surface area contributed by atoms with Gasteiger partial charge in [-0.15, -0.1) is 0 Å². The summed E-state index contributed by atoms with van der Waals surface area (Å²) in [5.41, 5.74) is 2.98. The maximum atomic E-state index is 12.0. The van der Waals surface area contributed by atoms with Crippen molar-refractivity contribution in [3.05, 3.63) is 69.7 Å². The molecule has 0 aliphatic heterocycles. The molecule has 0 atom stereocenters. The van der Waals surface area contributed by atoms with E-state index < -0.39 is 0 Å². The Morgan fingerprint density at radius 2 is 1.82 bits per heavy atom. The van der Waals surface area contributed by atoms with Gasteiger partial charge in [0, 0.05) is 16.5 Å². The third kappa shape index (κ3) is 3.04. The van der Waals surface area contributed by atoms with Crippen molar-refractivity contribution in [2.24, 2.45) is 0 Å². The van der Waals surface area contributed by atoms with Gasteiger partial charge in [0.2, 0.25) is 0 Å². The van der Waals surface area contributed by atoms with E-state index in [1.807, 2.05) is 55.5 Å². The molecule has 0 aromatic heterocycles. The zero-order chi connectivity index (χ0) is 12.3. The van der Waals surface area contributed by atoms with Crippen molar-refractivity contribution in [2.45, 2.75) is 13.3 Å². The highest BCUT2D eigenvalue weighted by Crippen LogP contribution is 2.18. The molecule has 2 rings (SSSR count). The van der Waals surface area contributed by atoms with Crippen LogP contribution in [-0.2, 0) is 6.42 Å². The smallest absolute Gasteiger partial charge is 0.167 e. The Labute approximate surface area is 110 Å². The second-order valence-electron chi connectivity index (χ2n) is 4.05. The maximum absolute atomic E-state index is 12.0. The molecule has 0 spiro atoms. The number of benzene rings is 2. The van der Waals surface area contributed by atoms with Gasteiger partial charge in [-0.25, -0.2) is 0 Å². The van der Waals surface area contributed by atoms with Crippen LogP contribution in [0.15, 0.2) is 53.0 Å². The number of carbonyl (C=O) groups is 1. The average Bonchev–Trinajstić information content (AvgIpc) is 2.35. The summed E-state index contributed by atoms with van der Waals surface area (Å²) in [6, 6.07) is 15.4. The van der Waals surface area contributed by atoms with Gasteiger partial charge in [0.25, 0.3) is 0 Å². The zero-order valence-electron chi connectivity index (χ0n) is 9.61. The summed E-state index contributed by atoms with van der Waals surface area (Å²) in [5.74, 6) is 0.160. The molecular weight excluding hydrogens is 276 g/mol. The lowest BCUT2D eigenvalue weighted by atomic mass is 10.0. The molecule has 0 aliphatic rings. The molecule has 0 N–H and O–H groups in total. The van der Waals surface area contributed by atoms with E-state index in [2.05, 4.69) is 15.9 Å². The first-order chi connectivity index (χ1) is 8.16. The minimum atomic E-state index is 0.160. The van der Waals surface area contributed by atoms with Crippen LogP contribution in [-0.4, -0.2) is 5.78 Å². The molecule has 0 saturated carbocycles. The standard InChI is InChI=1S/C15H13BrO/c1-11-9-12(7-8-14(11)16)10-15(17)13-5-3-2-4-6-13/h2-9H,10H2,1H3. The fraction of sp³-hybridized carbons (Fsp3) is 0.133. The Morgan fingerprint density at radius 1 is 1.12 bits per heavy atom. The Bertz CT molecular complexity index is 532. The number of carbonyl (C=O) groups excluding carboxylic acids is 1. The quantitative estimate of drug-likeness (QED) is 0.775. The first-order valence-electron chi connectivity index (χ1n) is 5.50. The van der Waals surface area contributed by atoms with Crippen molar-refractivity contribution in [3.8, 4) is 0 Å². The van der Waals surface area contributed by atoms with Gasteiger partial charge in [0.15, 0.2) is 5.78 Å². The molecule has 1 nitrogen and oxygen atoms in total. The van der Waals surface area contributed by atoms with Crippen LogP contribution >= 0.6 is 15.9 Å². The number of rotatable bonds is 3. The van der Waals surface area contributed by atoms with E-state index in [1.165, 1.54) is 0 Å². The topological polar surface area (TPSA) is 17.1 Å². The van der Waals surface area contributed by atoms with E-state index in [4.69, 9.17) is 0 Å². The first kappa shape index (κ1) is 12.1. The van der Waals surface area contributed by atoms with E-state index in [0.29, 0.717) is 6.42 Å². The first-order valence-corrected chi connectivity index (χ1v) is 6.29. The van der Waals surface area contributed by atoms with E-state index in [0.717, 1.165) is 21.2 Å². The molecule has 2 aromatic rings. The summed E-state index contributed by atoms with van der Waals surface area (Å²) in [6.45, 7) is 2.03. The molecule has 0 saturated heterocycles. The molecule has 0 radical (unpaired) electrons. The predicted molar refractivity (Wildman–Crippen MR) is 73.4 cm³/mol. The number of hydrogen-bond acceptors (Lipinski definition) is 1. The van der Waals surface area contributed by atoms with Crippen molar-refractivity contribution in [1.82, 2.24) is 0 Å². The van der Waals surface area contributed by atoms with Gasteiger partial charge >= 0.3 is 0 Å². The zero-order valence-corrected chi connectivity index (χ0v) is 11.2. The van der Waals surface area contributed by atoms with Crippen LogP contribution < -0.4 is 0 Å². The summed E-state index contributed by atoms with van der Waals surface area (Å²) in [5, 5.41) is 0. The SMILES string of the molecule is Cc1cc(CC(=O)c2ccccc2)ccc1Br. The van der Waals surface area contributed by atoms with Gasteiger partial charge in [0.05, 0.1) is 0 Å². The average molecular weight is 289 g/mol. The van der Waals surface area contributed by atoms with Crippen molar-refractivity contribution in [3.63, 3.8) is 0 Å². The van der Waals surface area contributed by atoms with Crippen molar-refractivity contribution >= 4 is 21.7 Å². The summed E-state index contributed by atoms with van der Waals surface area (Å²) >= 11 is 3.46. The summed E-state index contributed by atoms with van der Waals surface area (Å²) in [4.78, 5) is 12.0. The molecule has 0 bridgehead atoms. The predicted octanol–water partition coefficient (Wildman–Crippen LogP) is 4.18. The van der Waals surface area contributed by atoms with Gasteiger partial charge in [0.1, 0.15) is 0 Å². The highest BCUT2D eigenvalue weighted by atomic mass is 79.9. The Kier molecular flexibility index (Phi) is 3.75. The summed E-state index contributed by atoms with van der Waals surface area (Å²) in [7, 11) is 0. The van der Waals surface area contributed by atoms with Gasteiger partial charge in [-0.3, -0.25) is 4.79 Å². The second-order valence-corrected chi connectivity index (χ2v) is 4.90. The van der Waals surface area contributed by atoms with Crippen LogP contribution in [0.3, 0.4) is 0 Å². The highest BCUT2D eigenvalue weighted by Gasteiger charge is 2.07. The Hall–Kier alpha value is -1.41. The minimum Gasteiger partial charge on any atom is -0.294 e. The highest BCUT2D eigenvalue weighted by molar-refractivity contribution is 9.10. The molecule has 0 aliphatic carbocycles. The fourth-order valence-corrected chi connectivity index (χ4v) is 1.97. The number of aryl methyl sites for hydroxylation is 1. The maximum Gasteiger partial charge on any atom is 0.167 e. The lowest BCUT2D eigenvalue weighted by molar-refractivity contribution is 0.0993. The molecule has 2 heteroatoms. The van der Waals surface area contributed by atoms with Gasteiger partial charge < -0.3 is 0 Å². The van der Waals surface area contributed by atoms with Crippen LogP contribution in [0.1, 0.15) is 21.5 Å². The van der Waals surface area contributed by atoms with Gasteiger partial charge in [-0.2, -0.15) is 0 Å². The van der Waals surface area contributed by atoms with Crippen molar-refractivity contribution in [1.29, 1.82) is 0 Å². The molecule has 2 aromatic carbocycles. The van der Waals surface area contributed by atoms with E-state index >= 15 is 0 Å². The normalized spacial score (nSPS) is 10.2. The Balaban J connectivity index is 2.16. The number of ketones is 1. The second kappa shape index (κ2) is 5.28. The fourth-order valence-electron chi connectivity index (χ4n) is 1.73. The number of hydrogen-bond donors (Lipinski definition) is 0. The van der Waals surface area contributed by atoms with Crippen LogP contribution in [0.5, 0.6) is 0 Å². The van der Waals surface area contributed by atoms with Crippen LogP contribution in [0.4, 0.5) is 0 Å². The molecular formula is C15H13BrO. The van der Waals surface area contributed by atoms with Crippen LogP contribution in [0, 0.1) is 6.92 Å². The van der Waals surface area contributed by atoms with E-state index in [1.54, 1.807) is 0 Å². The number of halogens is 1. The largest absolute Gasteiger partial charge is 0.294 e. The lowest BCUT2D eigenvalue weighted by Crippen LogP contribution is -2.03. The summed E-state index contributed by atoms with van der Waals surface area (Å²) in [6.07, 6.45) is 0.456. The third-order valence-electron chi connectivity index (χ3n) is 2.68. The minimum absolute atomic E-state index is 0.160. The lowest BCUT2D eigenvalue weighted by Gasteiger charge is -2.04. The van der Waals surface area contributed by atoms with E-state index in [9.17, 15) is 4.79 Å². The molecule has 0 unspecified atom stereocenters. The molecule has 86 valence electrons. The molecule has 0 heterocycles. The van der Waals surface area contributed by atoms with Crippen molar-refractivity contribution in [2.75, 3.05) is 0 Å². The van der Waals surface area contributed by atoms with Gasteiger partial charge in [-0.05, 0) is 24.1 Å². The van der Waals surface area contributed by atoms with Crippen molar-refractivity contribution < 1.29 is 4.79 Å². The van der Waals surface area contributed by atoms with Crippen LogP contribution in [0.25, 0.3) is 0 Å². The molecule has 0 fully saturated rings. The summed E-state index contributed by atoms with van der Waals surface area (Å²) < 4.78 is 1.08. The Morgan fingerprint density at radius 3 is 2.47 bits per heavy atom. The molecule has 0 amide bonds. The van der Waals surface area contributed by atoms with E-state index in [-0.39, 0.29) is 5.78 Å². The van der Waals surface area contributed by atoms with Crippen LogP contribution in [0.2, 0.25) is 0 Å². The third-order valence-corrected chi connectivity index (χ3v) is 3.57.